The van der Waals surface area contributed by atoms with Crippen molar-refractivity contribution in [1.82, 2.24) is 24.6 Å². The van der Waals surface area contributed by atoms with Crippen molar-refractivity contribution in [3.05, 3.63) is 34.7 Å². The quantitative estimate of drug-likeness (QED) is 0.546. The molecule has 3 aliphatic rings. The minimum absolute atomic E-state index is 0.0640. The van der Waals surface area contributed by atoms with Crippen LogP contribution in [0.1, 0.15) is 25.8 Å². The number of nitrogens with one attached hydrogen (secondary N) is 1. The van der Waals surface area contributed by atoms with E-state index in [4.69, 9.17) is 32.9 Å². The van der Waals surface area contributed by atoms with Crippen molar-refractivity contribution < 1.29 is 9.84 Å². The van der Waals surface area contributed by atoms with Gasteiger partial charge in [0.05, 0.1) is 59.5 Å². The number of hydrogen-bond donors (Lipinski definition) is 2. The van der Waals surface area contributed by atoms with Crippen LogP contribution in [0.2, 0.25) is 10.2 Å². The third kappa shape index (κ3) is 4.09. The number of anilines is 3. The lowest BCUT2D eigenvalue weighted by Gasteiger charge is -2.44. The smallest absolute Gasteiger partial charge is 0.227 e. The number of piperazine rings is 1. The van der Waals surface area contributed by atoms with Crippen molar-refractivity contribution in [3.8, 4) is 0 Å². The third-order valence-corrected chi connectivity index (χ3v) is 7.66. The van der Waals surface area contributed by atoms with Crippen molar-refractivity contribution in [2.75, 3.05) is 43.1 Å². The predicted octanol–water partition coefficient (Wildman–Crippen LogP) is 3.48. The van der Waals surface area contributed by atoms with E-state index in [0.717, 1.165) is 49.1 Å². The molecule has 0 spiro atoms. The molecule has 6 rings (SSSR count). The highest BCUT2D eigenvalue weighted by Crippen LogP contribution is 2.39. The maximum Gasteiger partial charge on any atom is 0.227 e. The van der Waals surface area contributed by atoms with E-state index >= 15 is 0 Å². The Bertz CT molecular complexity index is 1220. The molecule has 4 heterocycles. The van der Waals surface area contributed by atoms with Crippen LogP contribution < -0.4 is 10.2 Å². The zero-order valence-electron chi connectivity index (χ0n) is 18.9. The lowest BCUT2D eigenvalue weighted by atomic mass is 10.1. The van der Waals surface area contributed by atoms with Crippen molar-refractivity contribution in [3.63, 3.8) is 0 Å². The normalized spacial score (nSPS) is 25.9. The average Bonchev–Trinajstić information content (AvgIpc) is 3.47. The Labute approximate surface area is 207 Å². The molecule has 3 fully saturated rings. The van der Waals surface area contributed by atoms with Gasteiger partial charge in [0.25, 0.3) is 0 Å². The number of fused-ring (bicyclic) bond motifs is 1. The van der Waals surface area contributed by atoms with Crippen molar-refractivity contribution in [1.29, 1.82) is 0 Å². The Balaban J connectivity index is 1.23. The van der Waals surface area contributed by atoms with Gasteiger partial charge in [0.15, 0.2) is 5.15 Å². The first kappa shape index (κ1) is 22.3. The molecule has 180 valence electrons. The predicted molar refractivity (Wildman–Crippen MR) is 132 cm³/mol. The van der Waals surface area contributed by atoms with E-state index < -0.39 is 6.10 Å². The molecule has 0 bridgehead atoms. The zero-order valence-corrected chi connectivity index (χ0v) is 20.4. The van der Waals surface area contributed by atoms with Gasteiger partial charge >= 0.3 is 0 Å². The molecule has 0 unspecified atom stereocenters. The summed E-state index contributed by atoms with van der Waals surface area (Å²) in [6.07, 6.45) is 5.28. The summed E-state index contributed by atoms with van der Waals surface area (Å²) in [4.78, 5) is 13.8. The molecule has 9 nitrogen and oxygen atoms in total. The highest BCUT2D eigenvalue weighted by Gasteiger charge is 2.36. The molecule has 0 radical (unpaired) electrons. The van der Waals surface area contributed by atoms with Gasteiger partial charge in [-0.05, 0) is 31.9 Å². The molecule has 2 aromatic heterocycles. The summed E-state index contributed by atoms with van der Waals surface area (Å²) in [6, 6.07) is 4.63. The Hall–Kier alpha value is -2.17. The van der Waals surface area contributed by atoms with Crippen LogP contribution in [-0.2, 0) is 4.74 Å². The second-order valence-electron chi connectivity index (χ2n) is 9.42. The Kier molecular flexibility index (Phi) is 5.77. The Morgan fingerprint density at radius 2 is 2.00 bits per heavy atom. The maximum atomic E-state index is 10.2. The van der Waals surface area contributed by atoms with Gasteiger partial charge < -0.3 is 20.1 Å². The lowest BCUT2D eigenvalue weighted by molar-refractivity contribution is 0.0713. The third-order valence-electron chi connectivity index (χ3n) is 6.98. The van der Waals surface area contributed by atoms with Crippen LogP contribution in [0.4, 0.5) is 17.3 Å². The summed E-state index contributed by atoms with van der Waals surface area (Å²) >= 11 is 13.2. The van der Waals surface area contributed by atoms with Crippen LogP contribution in [0.5, 0.6) is 0 Å². The molecule has 2 saturated heterocycles. The number of ether oxygens (including phenoxy) is 1. The number of aliphatic hydroxyl groups is 1. The molecule has 3 aromatic rings. The van der Waals surface area contributed by atoms with Crippen molar-refractivity contribution >= 4 is 51.4 Å². The second-order valence-corrected chi connectivity index (χ2v) is 10.2. The van der Waals surface area contributed by atoms with Crippen LogP contribution in [0.15, 0.2) is 24.5 Å². The van der Waals surface area contributed by atoms with Gasteiger partial charge in [0.2, 0.25) is 5.95 Å². The molecule has 0 amide bonds. The molecular weight excluding hydrogens is 477 g/mol. The van der Waals surface area contributed by atoms with E-state index in [1.54, 1.807) is 12.4 Å². The van der Waals surface area contributed by atoms with E-state index in [9.17, 15) is 5.11 Å². The maximum absolute atomic E-state index is 10.2. The fraction of sp³-hybridized carbons (Fsp3) is 0.522. The number of benzene rings is 1. The van der Waals surface area contributed by atoms with Crippen LogP contribution in [0.3, 0.4) is 0 Å². The Morgan fingerprint density at radius 3 is 2.74 bits per heavy atom. The summed E-state index contributed by atoms with van der Waals surface area (Å²) < 4.78 is 7.30. The highest BCUT2D eigenvalue weighted by molar-refractivity contribution is 6.34. The van der Waals surface area contributed by atoms with E-state index in [1.807, 2.05) is 16.8 Å². The van der Waals surface area contributed by atoms with E-state index in [1.165, 1.54) is 0 Å². The molecule has 2 aliphatic heterocycles. The molecule has 2 N–H and O–H groups in total. The minimum atomic E-state index is -0.421. The molecule has 11 heteroatoms. The number of nitrogens with zero attached hydrogens (tertiary/aromatic N) is 6. The molecule has 3 atom stereocenters. The van der Waals surface area contributed by atoms with E-state index in [2.05, 4.69) is 32.1 Å². The number of halogens is 2. The summed E-state index contributed by atoms with van der Waals surface area (Å²) in [7, 11) is 0. The first-order valence-corrected chi connectivity index (χ1v) is 12.5. The zero-order chi connectivity index (χ0) is 23.4. The molecule has 1 saturated carbocycles. The molecule has 1 aromatic carbocycles. The van der Waals surface area contributed by atoms with Crippen LogP contribution >= 0.6 is 23.2 Å². The van der Waals surface area contributed by atoms with Crippen LogP contribution in [0, 0.1) is 0 Å². The molecular formula is C23H27Cl2N7O2. The Morgan fingerprint density at radius 1 is 1.15 bits per heavy atom. The first-order chi connectivity index (χ1) is 16.5. The van der Waals surface area contributed by atoms with Gasteiger partial charge in [0.1, 0.15) is 0 Å². The standard InChI is InChI=1S/C23H27Cl2N7O2/c1-13-10-30(20-11-34-12-21(20)33)4-5-31(13)19-7-17-14(6-16(19)24)8-26-23(28-17)29-18-9-27-32(22(18)25)15-2-3-15/h6-9,13,15,20-21,33H,2-5,10-12H2,1H3,(H,26,28,29)/t13-,20+,21-/m1/s1. The van der Waals surface area contributed by atoms with E-state index in [-0.39, 0.29) is 12.1 Å². The fourth-order valence-electron chi connectivity index (χ4n) is 4.97. The summed E-state index contributed by atoms with van der Waals surface area (Å²) in [5.74, 6) is 0.464. The number of hydrogen-bond acceptors (Lipinski definition) is 8. The second kappa shape index (κ2) is 8.80. The van der Waals surface area contributed by atoms with Gasteiger partial charge in [-0.3, -0.25) is 4.90 Å². The summed E-state index contributed by atoms with van der Waals surface area (Å²) in [6.45, 7) is 5.66. The van der Waals surface area contributed by atoms with Gasteiger partial charge in [-0.15, -0.1) is 0 Å². The van der Waals surface area contributed by atoms with Crippen LogP contribution in [0.25, 0.3) is 10.9 Å². The van der Waals surface area contributed by atoms with E-state index in [0.29, 0.717) is 41.1 Å². The largest absolute Gasteiger partial charge is 0.389 e. The van der Waals surface area contributed by atoms with Gasteiger partial charge in [-0.25, -0.2) is 14.6 Å². The monoisotopic (exact) mass is 503 g/mol. The van der Waals surface area contributed by atoms with Crippen molar-refractivity contribution in [2.24, 2.45) is 0 Å². The molecule has 1 aliphatic carbocycles. The SMILES string of the molecule is C[C@@H]1CN([C@H]2COC[C@H]2O)CCN1c1cc2nc(Nc3cnn(C4CC4)c3Cl)ncc2cc1Cl. The van der Waals surface area contributed by atoms with Gasteiger partial charge in [-0.1, -0.05) is 23.2 Å². The van der Waals surface area contributed by atoms with Gasteiger partial charge in [-0.2, -0.15) is 5.10 Å². The lowest BCUT2D eigenvalue weighted by Crippen LogP contribution is -2.57. The van der Waals surface area contributed by atoms with Crippen molar-refractivity contribution in [2.45, 2.75) is 44.0 Å². The first-order valence-electron chi connectivity index (χ1n) is 11.7. The average molecular weight is 504 g/mol. The van der Waals surface area contributed by atoms with Gasteiger partial charge in [0, 0.05) is 37.3 Å². The number of aliphatic hydroxyl groups excluding tert-OH is 1. The van der Waals surface area contributed by atoms with Crippen LogP contribution in [-0.4, -0.2) is 80.8 Å². The minimum Gasteiger partial charge on any atom is -0.389 e. The molecule has 34 heavy (non-hydrogen) atoms. The topological polar surface area (TPSA) is 91.6 Å². The highest BCUT2D eigenvalue weighted by atomic mass is 35.5. The fourth-order valence-corrected chi connectivity index (χ4v) is 5.53. The number of rotatable bonds is 5. The summed E-state index contributed by atoms with van der Waals surface area (Å²) in [5, 5.41) is 19.9. The number of aromatic nitrogens is 4. The summed E-state index contributed by atoms with van der Waals surface area (Å²) in [5.41, 5.74) is 2.45.